The van der Waals surface area contributed by atoms with Crippen molar-refractivity contribution >= 4 is 5.78 Å². The van der Waals surface area contributed by atoms with Crippen LogP contribution in [0.2, 0.25) is 0 Å². The fourth-order valence-corrected chi connectivity index (χ4v) is 6.07. The van der Waals surface area contributed by atoms with Crippen LogP contribution in [-0.2, 0) is 4.79 Å². The Morgan fingerprint density at radius 1 is 1.25 bits per heavy atom. The number of aliphatic hydroxyl groups is 3. The van der Waals surface area contributed by atoms with Gasteiger partial charge in [0.25, 0.3) is 0 Å². The number of carbonyl (C=O) groups excluding carboxylic acids is 1. The van der Waals surface area contributed by atoms with Crippen LogP contribution in [0.25, 0.3) is 0 Å². The van der Waals surface area contributed by atoms with E-state index in [0.717, 1.165) is 25.7 Å². The highest BCUT2D eigenvalue weighted by Crippen LogP contribution is 2.63. The van der Waals surface area contributed by atoms with Gasteiger partial charge in [0.05, 0.1) is 12.7 Å². The van der Waals surface area contributed by atoms with E-state index >= 15 is 0 Å². The SMILES string of the molecule is CC1(C(O)CO)CCC2C(=CCC3C(C)(C)C(O)C(=O)CC23C)C1. The van der Waals surface area contributed by atoms with Gasteiger partial charge in [-0.15, -0.1) is 0 Å². The van der Waals surface area contributed by atoms with Gasteiger partial charge in [-0.05, 0) is 48.3 Å². The number of hydrogen-bond acceptors (Lipinski definition) is 4. The Bertz CT molecular complexity index is 566. The summed E-state index contributed by atoms with van der Waals surface area (Å²) in [5, 5.41) is 30.0. The molecule has 0 spiro atoms. The van der Waals surface area contributed by atoms with Crippen LogP contribution in [0.5, 0.6) is 0 Å². The van der Waals surface area contributed by atoms with Gasteiger partial charge in [-0.25, -0.2) is 0 Å². The van der Waals surface area contributed by atoms with E-state index in [1.165, 1.54) is 5.57 Å². The van der Waals surface area contributed by atoms with Crippen molar-refractivity contribution in [2.75, 3.05) is 6.61 Å². The molecule has 2 saturated carbocycles. The van der Waals surface area contributed by atoms with Gasteiger partial charge in [0, 0.05) is 11.8 Å². The lowest BCUT2D eigenvalue weighted by Crippen LogP contribution is -2.59. The molecule has 6 unspecified atom stereocenters. The zero-order valence-corrected chi connectivity index (χ0v) is 15.4. The second-order valence-corrected chi connectivity index (χ2v) is 9.56. The molecule has 0 radical (unpaired) electrons. The van der Waals surface area contributed by atoms with E-state index < -0.39 is 17.6 Å². The third kappa shape index (κ3) is 2.41. The molecule has 0 bridgehead atoms. The summed E-state index contributed by atoms with van der Waals surface area (Å²) in [7, 11) is 0. The zero-order chi connectivity index (χ0) is 17.9. The molecule has 4 nitrogen and oxygen atoms in total. The van der Waals surface area contributed by atoms with Gasteiger partial charge in [0.15, 0.2) is 5.78 Å². The molecule has 3 rings (SSSR count). The summed E-state index contributed by atoms with van der Waals surface area (Å²) < 4.78 is 0. The highest BCUT2D eigenvalue weighted by Gasteiger charge is 2.59. The Labute approximate surface area is 145 Å². The minimum Gasteiger partial charge on any atom is -0.394 e. The van der Waals surface area contributed by atoms with Crippen LogP contribution >= 0.6 is 0 Å². The van der Waals surface area contributed by atoms with E-state index in [0.29, 0.717) is 18.3 Å². The molecule has 0 saturated heterocycles. The van der Waals surface area contributed by atoms with Crippen molar-refractivity contribution in [2.45, 2.75) is 72.0 Å². The summed E-state index contributed by atoms with van der Waals surface area (Å²) in [4.78, 5) is 12.5. The van der Waals surface area contributed by atoms with E-state index in [-0.39, 0.29) is 23.2 Å². The Morgan fingerprint density at radius 2 is 1.92 bits per heavy atom. The van der Waals surface area contributed by atoms with Crippen LogP contribution in [-0.4, -0.2) is 39.9 Å². The Balaban J connectivity index is 1.95. The molecule has 0 aliphatic heterocycles. The highest BCUT2D eigenvalue weighted by molar-refractivity contribution is 5.85. The average Bonchev–Trinajstić information content (AvgIpc) is 2.51. The summed E-state index contributed by atoms with van der Waals surface area (Å²) in [6, 6.07) is 0. The van der Waals surface area contributed by atoms with Crippen molar-refractivity contribution in [2.24, 2.45) is 28.1 Å². The van der Waals surface area contributed by atoms with Crippen molar-refractivity contribution in [3.63, 3.8) is 0 Å². The first-order valence-electron chi connectivity index (χ1n) is 9.25. The topological polar surface area (TPSA) is 77.8 Å². The van der Waals surface area contributed by atoms with Crippen molar-refractivity contribution in [3.8, 4) is 0 Å². The molecule has 3 aliphatic carbocycles. The van der Waals surface area contributed by atoms with Crippen LogP contribution in [0.1, 0.15) is 59.8 Å². The Hall–Kier alpha value is -0.710. The number of allylic oxidation sites excluding steroid dienone is 2. The summed E-state index contributed by atoms with van der Waals surface area (Å²) in [5.41, 5.74) is 0.538. The molecule has 0 heterocycles. The molecule has 0 aromatic carbocycles. The fourth-order valence-electron chi connectivity index (χ4n) is 6.07. The lowest BCUT2D eigenvalue weighted by molar-refractivity contribution is -0.161. The molecule has 4 heteroatoms. The quantitative estimate of drug-likeness (QED) is 0.677. The predicted molar refractivity (Wildman–Crippen MR) is 92.2 cm³/mol. The first-order valence-corrected chi connectivity index (χ1v) is 9.25. The fraction of sp³-hybridized carbons (Fsp3) is 0.850. The maximum absolute atomic E-state index is 12.5. The molecule has 3 N–H and O–H groups in total. The van der Waals surface area contributed by atoms with Gasteiger partial charge in [-0.2, -0.15) is 0 Å². The molecule has 0 aromatic rings. The van der Waals surface area contributed by atoms with Gasteiger partial charge in [0.2, 0.25) is 0 Å². The largest absolute Gasteiger partial charge is 0.394 e. The number of Topliss-reactive ketones (excluding diaryl/α,β-unsaturated/α-hetero) is 1. The predicted octanol–water partition coefficient (Wildman–Crippen LogP) is 2.46. The number of fused-ring (bicyclic) bond motifs is 3. The lowest BCUT2D eigenvalue weighted by atomic mass is 9.45. The molecule has 6 atom stereocenters. The molecule has 3 aliphatic rings. The maximum atomic E-state index is 12.5. The van der Waals surface area contributed by atoms with E-state index in [2.05, 4.69) is 19.9 Å². The zero-order valence-electron chi connectivity index (χ0n) is 15.4. The molecule has 0 amide bonds. The van der Waals surface area contributed by atoms with Crippen LogP contribution in [0.4, 0.5) is 0 Å². The number of rotatable bonds is 2. The smallest absolute Gasteiger partial charge is 0.162 e. The van der Waals surface area contributed by atoms with Crippen LogP contribution in [0, 0.1) is 28.1 Å². The number of aliphatic hydroxyl groups excluding tert-OH is 3. The van der Waals surface area contributed by atoms with Crippen molar-refractivity contribution in [1.29, 1.82) is 0 Å². The van der Waals surface area contributed by atoms with E-state index in [1.807, 2.05) is 13.8 Å². The number of hydrogen-bond donors (Lipinski definition) is 3. The standard InChI is InChI=1S/C20H32O4/c1-18(2)15-6-5-12-9-19(3,16(23)11-21)8-7-13(12)20(15,4)10-14(22)17(18)24/h5,13,15-17,21,23-24H,6-11H2,1-4H3. The monoisotopic (exact) mass is 336 g/mol. The van der Waals surface area contributed by atoms with Gasteiger partial charge < -0.3 is 15.3 Å². The van der Waals surface area contributed by atoms with Gasteiger partial charge in [-0.3, -0.25) is 4.79 Å². The summed E-state index contributed by atoms with van der Waals surface area (Å²) in [6.07, 6.45) is 4.64. The summed E-state index contributed by atoms with van der Waals surface area (Å²) >= 11 is 0. The minimum atomic E-state index is -0.865. The molecule has 2 fully saturated rings. The van der Waals surface area contributed by atoms with Crippen molar-refractivity contribution in [1.82, 2.24) is 0 Å². The normalized spacial score (nSPS) is 45.9. The van der Waals surface area contributed by atoms with Crippen molar-refractivity contribution < 1.29 is 20.1 Å². The van der Waals surface area contributed by atoms with Crippen LogP contribution in [0.3, 0.4) is 0 Å². The van der Waals surface area contributed by atoms with Crippen LogP contribution in [0.15, 0.2) is 11.6 Å². The first kappa shape index (κ1) is 18.1. The third-order valence-electron chi connectivity index (χ3n) is 7.71. The average molecular weight is 336 g/mol. The molecule has 24 heavy (non-hydrogen) atoms. The number of carbonyl (C=O) groups is 1. The highest BCUT2D eigenvalue weighted by atomic mass is 16.3. The van der Waals surface area contributed by atoms with E-state index in [4.69, 9.17) is 0 Å². The van der Waals surface area contributed by atoms with E-state index in [1.54, 1.807) is 0 Å². The molecule has 0 aromatic heterocycles. The third-order valence-corrected chi connectivity index (χ3v) is 7.71. The second-order valence-electron chi connectivity index (χ2n) is 9.56. The molecule has 136 valence electrons. The molecular formula is C20H32O4. The Kier molecular flexibility index (Phi) is 4.26. The summed E-state index contributed by atoms with van der Waals surface area (Å²) in [6.45, 7) is 8.13. The van der Waals surface area contributed by atoms with Gasteiger partial charge in [-0.1, -0.05) is 39.3 Å². The maximum Gasteiger partial charge on any atom is 0.162 e. The first-order chi connectivity index (χ1) is 11.1. The van der Waals surface area contributed by atoms with Crippen molar-refractivity contribution in [3.05, 3.63) is 11.6 Å². The van der Waals surface area contributed by atoms with Gasteiger partial charge in [0.1, 0.15) is 6.10 Å². The minimum absolute atomic E-state index is 0.0243. The van der Waals surface area contributed by atoms with Crippen LogP contribution < -0.4 is 0 Å². The second kappa shape index (κ2) is 5.65. The number of ketones is 1. The lowest BCUT2D eigenvalue weighted by Gasteiger charge is -2.60. The Morgan fingerprint density at radius 3 is 2.54 bits per heavy atom. The summed E-state index contributed by atoms with van der Waals surface area (Å²) in [5.74, 6) is 0.605. The molecular weight excluding hydrogens is 304 g/mol. The van der Waals surface area contributed by atoms with E-state index in [9.17, 15) is 20.1 Å². The van der Waals surface area contributed by atoms with Gasteiger partial charge >= 0.3 is 0 Å².